The first-order valence-electron chi connectivity index (χ1n) is 9.37. The molecule has 1 aliphatic rings. The second kappa shape index (κ2) is 8.79. The first-order valence-corrected chi connectivity index (χ1v) is 9.37. The predicted octanol–water partition coefficient (Wildman–Crippen LogP) is 3.60. The van der Waals surface area contributed by atoms with Gasteiger partial charge in [-0.05, 0) is 29.8 Å². The maximum atomic E-state index is 10.1. The Morgan fingerprint density at radius 1 is 1.10 bits per heavy atom. The molecule has 0 bridgehead atoms. The van der Waals surface area contributed by atoms with E-state index in [-0.39, 0.29) is 11.9 Å². The second-order valence-corrected chi connectivity index (χ2v) is 6.67. The third-order valence-corrected chi connectivity index (χ3v) is 4.52. The summed E-state index contributed by atoms with van der Waals surface area (Å²) in [5.74, 6) is 2.33. The van der Waals surface area contributed by atoms with Gasteiger partial charge in [0.2, 0.25) is 5.88 Å². The number of hydrogen-bond donors (Lipinski definition) is 1. The predicted molar refractivity (Wildman–Crippen MR) is 106 cm³/mol. The largest absolute Gasteiger partial charge is 0.508 e. The van der Waals surface area contributed by atoms with Gasteiger partial charge in [-0.1, -0.05) is 12.1 Å². The molecule has 1 atom stereocenters. The summed E-state index contributed by atoms with van der Waals surface area (Å²) in [6.45, 7) is 1.61. The van der Waals surface area contributed by atoms with E-state index in [0.29, 0.717) is 42.8 Å². The third kappa shape index (κ3) is 4.94. The van der Waals surface area contributed by atoms with Crippen molar-refractivity contribution in [3.05, 3.63) is 60.3 Å². The van der Waals surface area contributed by atoms with Crippen molar-refractivity contribution in [1.82, 2.24) is 9.97 Å². The molecule has 0 amide bonds. The standard InChI is InChI=1S/C22H22N2O5/c1-26-18-4-2-15(3-5-18)13-28-21-6-8-23-22(24-21)16-10-17(25)12-20(11-16)29-19-7-9-27-14-19/h2-6,8,10-12,19,25H,7,9,13-14H2,1H3. The molecule has 29 heavy (non-hydrogen) atoms. The van der Waals surface area contributed by atoms with Crippen molar-refractivity contribution >= 4 is 0 Å². The van der Waals surface area contributed by atoms with Gasteiger partial charge < -0.3 is 24.1 Å². The second-order valence-electron chi connectivity index (χ2n) is 6.67. The Bertz CT molecular complexity index is 956. The SMILES string of the molecule is COc1ccc(COc2ccnc(-c3cc(O)cc(OC4CCOC4)c3)n2)cc1. The maximum Gasteiger partial charge on any atom is 0.217 e. The molecule has 2 heterocycles. The fourth-order valence-electron chi connectivity index (χ4n) is 3.02. The van der Waals surface area contributed by atoms with Gasteiger partial charge in [-0.2, -0.15) is 4.98 Å². The van der Waals surface area contributed by atoms with Gasteiger partial charge in [-0.25, -0.2) is 4.98 Å². The molecule has 4 rings (SSSR count). The van der Waals surface area contributed by atoms with Crippen molar-refractivity contribution < 1.29 is 24.1 Å². The van der Waals surface area contributed by atoms with Gasteiger partial charge >= 0.3 is 0 Å². The summed E-state index contributed by atoms with van der Waals surface area (Å²) in [5.41, 5.74) is 1.64. The van der Waals surface area contributed by atoms with Crippen LogP contribution in [0.15, 0.2) is 54.7 Å². The summed E-state index contributed by atoms with van der Waals surface area (Å²) >= 11 is 0. The average molecular weight is 394 g/mol. The van der Waals surface area contributed by atoms with Crippen molar-refractivity contribution in [3.63, 3.8) is 0 Å². The van der Waals surface area contributed by atoms with E-state index >= 15 is 0 Å². The fraction of sp³-hybridized carbons (Fsp3) is 0.273. The van der Waals surface area contributed by atoms with E-state index in [9.17, 15) is 5.11 Å². The highest BCUT2D eigenvalue weighted by Crippen LogP contribution is 2.29. The Kier molecular flexibility index (Phi) is 5.76. The number of phenols is 1. The summed E-state index contributed by atoms with van der Waals surface area (Å²) in [6, 6.07) is 14.3. The number of nitrogens with zero attached hydrogens (tertiary/aromatic N) is 2. The van der Waals surface area contributed by atoms with Crippen LogP contribution in [0.1, 0.15) is 12.0 Å². The van der Waals surface area contributed by atoms with E-state index in [0.717, 1.165) is 17.7 Å². The molecule has 1 unspecified atom stereocenters. The molecule has 0 saturated carbocycles. The lowest BCUT2D eigenvalue weighted by Crippen LogP contribution is -2.15. The van der Waals surface area contributed by atoms with Gasteiger partial charge in [0.25, 0.3) is 0 Å². The fourth-order valence-corrected chi connectivity index (χ4v) is 3.02. The highest BCUT2D eigenvalue weighted by atomic mass is 16.5. The number of hydrogen-bond acceptors (Lipinski definition) is 7. The molecule has 1 saturated heterocycles. The zero-order chi connectivity index (χ0) is 20.1. The van der Waals surface area contributed by atoms with E-state index in [1.807, 2.05) is 24.3 Å². The van der Waals surface area contributed by atoms with Crippen LogP contribution < -0.4 is 14.2 Å². The van der Waals surface area contributed by atoms with Crippen LogP contribution >= 0.6 is 0 Å². The lowest BCUT2D eigenvalue weighted by molar-refractivity contribution is 0.141. The first-order chi connectivity index (χ1) is 14.2. The Balaban J connectivity index is 1.48. The molecule has 7 nitrogen and oxygen atoms in total. The smallest absolute Gasteiger partial charge is 0.217 e. The van der Waals surface area contributed by atoms with Crippen LogP contribution in [0, 0.1) is 0 Å². The molecule has 1 aliphatic heterocycles. The van der Waals surface area contributed by atoms with Crippen molar-refractivity contribution in [1.29, 1.82) is 0 Å². The molecule has 2 aromatic carbocycles. The normalized spacial score (nSPS) is 15.8. The van der Waals surface area contributed by atoms with Gasteiger partial charge in [0, 0.05) is 30.3 Å². The summed E-state index contributed by atoms with van der Waals surface area (Å²) in [7, 11) is 1.63. The molecular formula is C22H22N2O5. The van der Waals surface area contributed by atoms with Crippen LogP contribution in [-0.2, 0) is 11.3 Å². The summed E-state index contributed by atoms with van der Waals surface area (Å²) < 4.78 is 22.2. The number of benzene rings is 2. The maximum absolute atomic E-state index is 10.1. The van der Waals surface area contributed by atoms with Gasteiger partial charge in [-0.3, -0.25) is 0 Å². The van der Waals surface area contributed by atoms with Crippen LogP contribution in [0.25, 0.3) is 11.4 Å². The van der Waals surface area contributed by atoms with Gasteiger partial charge in [-0.15, -0.1) is 0 Å². The molecule has 1 N–H and O–H groups in total. The number of aromatic nitrogens is 2. The topological polar surface area (TPSA) is 82.9 Å². The Hall–Kier alpha value is -3.32. The van der Waals surface area contributed by atoms with E-state index in [1.54, 1.807) is 37.6 Å². The first kappa shape index (κ1) is 19.0. The number of aromatic hydroxyl groups is 1. The monoisotopic (exact) mass is 394 g/mol. The number of phenolic OH excluding ortho intramolecular Hbond substituents is 1. The average Bonchev–Trinajstić information content (AvgIpc) is 3.25. The Labute approximate surface area is 168 Å². The molecule has 0 aliphatic carbocycles. The van der Waals surface area contributed by atoms with Crippen molar-refractivity contribution in [2.24, 2.45) is 0 Å². The molecule has 7 heteroatoms. The molecular weight excluding hydrogens is 372 g/mol. The van der Waals surface area contributed by atoms with Crippen LogP contribution in [0.5, 0.6) is 23.1 Å². The summed E-state index contributed by atoms with van der Waals surface area (Å²) in [4.78, 5) is 8.76. The molecule has 0 spiro atoms. The van der Waals surface area contributed by atoms with Crippen molar-refractivity contribution in [3.8, 4) is 34.5 Å². The molecule has 1 fully saturated rings. The summed E-state index contributed by atoms with van der Waals surface area (Å²) in [6.07, 6.45) is 2.45. The third-order valence-electron chi connectivity index (χ3n) is 4.52. The number of rotatable bonds is 7. The number of ether oxygens (including phenoxy) is 4. The van der Waals surface area contributed by atoms with Gasteiger partial charge in [0.1, 0.15) is 30.0 Å². The van der Waals surface area contributed by atoms with E-state index in [2.05, 4.69) is 9.97 Å². The zero-order valence-electron chi connectivity index (χ0n) is 16.1. The van der Waals surface area contributed by atoms with Crippen LogP contribution in [0.3, 0.4) is 0 Å². The Morgan fingerprint density at radius 2 is 1.97 bits per heavy atom. The van der Waals surface area contributed by atoms with Crippen molar-refractivity contribution in [2.75, 3.05) is 20.3 Å². The van der Waals surface area contributed by atoms with E-state index < -0.39 is 0 Å². The highest BCUT2D eigenvalue weighted by molar-refractivity contribution is 5.60. The van der Waals surface area contributed by atoms with Gasteiger partial charge in [0.15, 0.2) is 5.82 Å². The quantitative estimate of drug-likeness (QED) is 0.655. The molecule has 3 aromatic rings. The molecule has 0 radical (unpaired) electrons. The van der Waals surface area contributed by atoms with Crippen LogP contribution in [0.4, 0.5) is 0 Å². The number of methoxy groups -OCH3 is 1. The van der Waals surface area contributed by atoms with Gasteiger partial charge in [0.05, 0.1) is 20.3 Å². The van der Waals surface area contributed by atoms with Crippen LogP contribution in [-0.4, -0.2) is 41.5 Å². The molecule has 150 valence electrons. The van der Waals surface area contributed by atoms with E-state index in [4.69, 9.17) is 18.9 Å². The lowest BCUT2D eigenvalue weighted by atomic mass is 10.2. The zero-order valence-corrected chi connectivity index (χ0v) is 16.1. The van der Waals surface area contributed by atoms with Crippen LogP contribution in [0.2, 0.25) is 0 Å². The lowest BCUT2D eigenvalue weighted by Gasteiger charge is -2.13. The van der Waals surface area contributed by atoms with E-state index in [1.165, 1.54) is 0 Å². The van der Waals surface area contributed by atoms with Crippen molar-refractivity contribution in [2.45, 2.75) is 19.1 Å². The minimum absolute atomic E-state index is 0.00951. The summed E-state index contributed by atoms with van der Waals surface area (Å²) in [5, 5.41) is 10.1. The Morgan fingerprint density at radius 3 is 2.72 bits per heavy atom. The minimum Gasteiger partial charge on any atom is -0.508 e. The minimum atomic E-state index is -0.00951. The molecule has 1 aromatic heterocycles. The highest BCUT2D eigenvalue weighted by Gasteiger charge is 2.18.